The fraction of sp³-hybridized carbons (Fsp3) is 0.462. The number of rotatable bonds is 4. The molecule has 0 heterocycles. The minimum absolute atomic E-state index is 0.00540. The molecule has 0 saturated carbocycles. The van der Waals surface area contributed by atoms with Gasteiger partial charge in [0.15, 0.2) is 0 Å². The van der Waals surface area contributed by atoms with Gasteiger partial charge in [0.25, 0.3) is 0 Å². The number of anilines is 1. The van der Waals surface area contributed by atoms with Crippen molar-refractivity contribution < 1.29 is 4.79 Å². The van der Waals surface area contributed by atoms with E-state index in [-0.39, 0.29) is 11.8 Å². The highest BCUT2D eigenvalue weighted by Gasteiger charge is 2.17. The van der Waals surface area contributed by atoms with Crippen LogP contribution < -0.4 is 11.1 Å². The first kappa shape index (κ1) is 12.7. The van der Waals surface area contributed by atoms with Gasteiger partial charge in [0.2, 0.25) is 5.91 Å². The lowest BCUT2D eigenvalue weighted by molar-refractivity contribution is -0.120. The molecule has 3 heteroatoms. The summed E-state index contributed by atoms with van der Waals surface area (Å²) in [6.45, 7) is 6.45. The highest BCUT2D eigenvalue weighted by Crippen LogP contribution is 2.17. The number of benzene rings is 1. The minimum atomic E-state index is 0.00540. The molecule has 1 aromatic rings. The Bertz CT molecular complexity index is 361. The molecule has 1 unspecified atom stereocenters. The van der Waals surface area contributed by atoms with Crippen molar-refractivity contribution in [3.05, 3.63) is 29.8 Å². The van der Waals surface area contributed by atoms with E-state index in [0.29, 0.717) is 12.5 Å². The lowest BCUT2D eigenvalue weighted by atomic mass is 9.97. The van der Waals surface area contributed by atoms with Gasteiger partial charge in [-0.2, -0.15) is 0 Å². The summed E-state index contributed by atoms with van der Waals surface area (Å²) in [4.78, 5) is 11.9. The van der Waals surface area contributed by atoms with Crippen molar-refractivity contribution in [2.45, 2.75) is 27.3 Å². The largest absolute Gasteiger partial charge is 0.326 e. The third-order valence-electron chi connectivity index (χ3n) is 2.91. The molecule has 0 saturated heterocycles. The Kier molecular flexibility index (Phi) is 4.50. The molecule has 0 aliphatic heterocycles. The topological polar surface area (TPSA) is 55.1 Å². The minimum Gasteiger partial charge on any atom is -0.326 e. The molecular weight excluding hydrogens is 200 g/mol. The van der Waals surface area contributed by atoms with E-state index in [9.17, 15) is 4.79 Å². The van der Waals surface area contributed by atoms with Crippen molar-refractivity contribution in [3.63, 3.8) is 0 Å². The van der Waals surface area contributed by atoms with Crippen LogP contribution >= 0.6 is 0 Å². The molecule has 0 spiro atoms. The average molecular weight is 220 g/mol. The van der Waals surface area contributed by atoms with Crippen LogP contribution in [0.3, 0.4) is 0 Å². The summed E-state index contributed by atoms with van der Waals surface area (Å²) in [6, 6.07) is 7.63. The molecule has 1 amide bonds. The summed E-state index contributed by atoms with van der Waals surface area (Å²) >= 11 is 0. The fourth-order valence-corrected chi connectivity index (χ4v) is 1.37. The standard InChI is InChI=1S/C13H20N2O/c1-9(2)10(3)13(16)15-12-7-5-4-6-11(12)8-14/h4-7,9-10H,8,14H2,1-3H3,(H,15,16). The van der Waals surface area contributed by atoms with E-state index in [1.165, 1.54) is 0 Å². The molecule has 1 aromatic carbocycles. The lowest BCUT2D eigenvalue weighted by Crippen LogP contribution is -2.25. The number of carbonyl (C=O) groups is 1. The molecule has 0 aliphatic carbocycles. The van der Waals surface area contributed by atoms with Gasteiger partial charge in [0, 0.05) is 18.2 Å². The number of carbonyl (C=O) groups excluding carboxylic acids is 1. The van der Waals surface area contributed by atoms with Gasteiger partial charge < -0.3 is 11.1 Å². The number of amides is 1. The summed E-state index contributed by atoms with van der Waals surface area (Å²) in [5.74, 6) is 0.395. The van der Waals surface area contributed by atoms with Crippen molar-refractivity contribution in [1.82, 2.24) is 0 Å². The van der Waals surface area contributed by atoms with Gasteiger partial charge in [-0.25, -0.2) is 0 Å². The van der Waals surface area contributed by atoms with Crippen LogP contribution in [0, 0.1) is 11.8 Å². The van der Waals surface area contributed by atoms with E-state index in [0.717, 1.165) is 11.3 Å². The normalized spacial score (nSPS) is 12.6. The lowest BCUT2D eigenvalue weighted by Gasteiger charge is -2.16. The summed E-state index contributed by atoms with van der Waals surface area (Å²) < 4.78 is 0. The Labute approximate surface area is 97.0 Å². The molecule has 88 valence electrons. The summed E-state index contributed by atoms with van der Waals surface area (Å²) in [7, 11) is 0. The van der Waals surface area contributed by atoms with Crippen LogP contribution in [0.15, 0.2) is 24.3 Å². The van der Waals surface area contributed by atoms with E-state index in [1.54, 1.807) is 0 Å². The maximum absolute atomic E-state index is 11.9. The molecular formula is C13H20N2O. The van der Waals surface area contributed by atoms with Crippen molar-refractivity contribution in [3.8, 4) is 0 Å². The van der Waals surface area contributed by atoms with Crippen LogP contribution in [0.4, 0.5) is 5.69 Å². The zero-order chi connectivity index (χ0) is 12.1. The molecule has 16 heavy (non-hydrogen) atoms. The van der Waals surface area contributed by atoms with Crippen LogP contribution in [0.2, 0.25) is 0 Å². The number of nitrogens with two attached hydrogens (primary N) is 1. The van der Waals surface area contributed by atoms with Crippen molar-refractivity contribution in [2.24, 2.45) is 17.6 Å². The number of hydrogen-bond donors (Lipinski definition) is 2. The Hall–Kier alpha value is -1.35. The molecule has 1 rings (SSSR count). The third-order valence-corrected chi connectivity index (χ3v) is 2.91. The van der Waals surface area contributed by atoms with E-state index in [2.05, 4.69) is 5.32 Å². The molecule has 0 bridgehead atoms. The Balaban J connectivity index is 2.76. The first-order valence-corrected chi connectivity index (χ1v) is 5.65. The predicted molar refractivity (Wildman–Crippen MR) is 67.0 cm³/mol. The second kappa shape index (κ2) is 5.66. The van der Waals surface area contributed by atoms with Crippen LogP contribution in [0.5, 0.6) is 0 Å². The van der Waals surface area contributed by atoms with Crippen LogP contribution in [0.25, 0.3) is 0 Å². The first-order chi connectivity index (χ1) is 7.56. The zero-order valence-electron chi connectivity index (χ0n) is 10.2. The predicted octanol–water partition coefficient (Wildman–Crippen LogP) is 2.38. The van der Waals surface area contributed by atoms with Crippen molar-refractivity contribution in [2.75, 3.05) is 5.32 Å². The molecule has 0 aromatic heterocycles. The maximum Gasteiger partial charge on any atom is 0.227 e. The van der Waals surface area contributed by atoms with Crippen molar-refractivity contribution >= 4 is 11.6 Å². The van der Waals surface area contributed by atoms with E-state index in [1.807, 2.05) is 45.0 Å². The zero-order valence-corrected chi connectivity index (χ0v) is 10.2. The summed E-state index contributed by atoms with van der Waals surface area (Å²) in [5.41, 5.74) is 7.40. The second-order valence-electron chi connectivity index (χ2n) is 4.38. The maximum atomic E-state index is 11.9. The Morgan fingerprint density at radius 3 is 2.50 bits per heavy atom. The molecule has 0 fully saturated rings. The first-order valence-electron chi connectivity index (χ1n) is 5.65. The van der Waals surface area contributed by atoms with E-state index < -0.39 is 0 Å². The fourth-order valence-electron chi connectivity index (χ4n) is 1.37. The smallest absolute Gasteiger partial charge is 0.227 e. The molecule has 0 radical (unpaired) electrons. The van der Waals surface area contributed by atoms with Gasteiger partial charge in [-0.15, -0.1) is 0 Å². The Morgan fingerprint density at radius 2 is 1.94 bits per heavy atom. The number of para-hydroxylation sites is 1. The van der Waals surface area contributed by atoms with Gasteiger partial charge in [-0.3, -0.25) is 4.79 Å². The van der Waals surface area contributed by atoms with Gasteiger partial charge >= 0.3 is 0 Å². The summed E-state index contributed by atoms with van der Waals surface area (Å²) in [6.07, 6.45) is 0. The van der Waals surface area contributed by atoms with Crippen LogP contribution in [-0.4, -0.2) is 5.91 Å². The molecule has 1 atom stereocenters. The van der Waals surface area contributed by atoms with Gasteiger partial charge in [0.05, 0.1) is 0 Å². The van der Waals surface area contributed by atoms with Gasteiger partial charge in [-0.1, -0.05) is 39.0 Å². The van der Waals surface area contributed by atoms with Crippen LogP contribution in [-0.2, 0) is 11.3 Å². The van der Waals surface area contributed by atoms with Gasteiger partial charge in [-0.05, 0) is 17.5 Å². The average Bonchev–Trinajstić information content (AvgIpc) is 2.28. The monoisotopic (exact) mass is 220 g/mol. The van der Waals surface area contributed by atoms with E-state index in [4.69, 9.17) is 5.73 Å². The molecule has 0 aliphatic rings. The van der Waals surface area contributed by atoms with Gasteiger partial charge in [0.1, 0.15) is 0 Å². The van der Waals surface area contributed by atoms with E-state index >= 15 is 0 Å². The third kappa shape index (κ3) is 3.07. The molecule has 3 N–H and O–H groups in total. The van der Waals surface area contributed by atoms with Crippen LogP contribution in [0.1, 0.15) is 26.3 Å². The second-order valence-corrected chi connectivity index (χ2v) is 4.38. The summed E-state index contributed by atoms with van der Waals surface area (Å²) in [5, 5.41) is 2.92. The number of nitrogens with one attached hydrogen (secondary N) is 1. The quantitative estimate of drug-likeness (QED) is 0.818. The van der Waals surface area contributed by atoms with Crippen molar-refractivity contribution in [1.29, 1.82) is 0 Å². The Morgan fingerprint density at radius 1 is 1.31 bits per heavy atom. The number of hydrogen-bond acceptors (Lipinski definition) is 2. The highest BCUT2D eigenvalue weighted by molar-refractivity contribution is 5.93. The SMILES string of the molecule is CC(C)C(C)C(=O)Nc1ccccc1CN. The molecule has 3 nitrogen and oxygen atoms in total. The highest BCUT2D eigenvalue weighted by atomic mass is 16.1.